The van der Waals surface area contributed by atoms with E-state index in [4.69, 9.17) is 0 Å². The number of anilines is 1. The summed E-state index contributed by atoms with van der Waals surface area (Å²) >= 11 is 2.51. The number of hydrogen-bond acceptors (Lipinski definition) is 8. The molecule has 5 rings (SSSR count). The third-order valence-electron chi connectivity index (χ3n) is 7.65. The Labute approximate surface area is 244 Å². The van der Waals surface area contributed by atoms with Crippen LogP contribution in [0.25, 0.3) is 0 Å². The van der Waals surface area contributed by atoms with Gasteiger partial charge in [-0.05, 0) is 72.5 Å². The van der Waals surface area contributed by atoms with E-state index in [1.54, 1.807) is 17.0 Å². The Hall–Kier alpha value is -2.51. The van der Waals surface area contributed by atoms with Crippen LogP contribution in [0.2, 0.25) is 0 Å². The van der Waals surface area contributed by atoms with Gasteiger partial charge in [-0.25, -0.2) is 8.78 Å². The van der Waals surface area contributed by atoms with Gasteiger partial charge in [-0.1, -0.05) is 24.3 Å². The molecule has 2 aliphatic rings. The van der Waals surface area contributed by atoms with Gasteiger partial charge in [0.1, 0.15) is 23.8 Å². The van der Waals surface area contributed by atoms with Crippen molar-refractivity contribution in [1.82, 2.24) is 0 Å². The van der Waals surface area contributed by atoms with Gasteiger partial charge in [-0.2, -0.15) is 0 Å². The fraction of sp³-hybridized carbons (Fsp3) is 0.367. The molecule has 1 amide bonds. The van der Waals surface area contributed by atoms with Crippen molar-refractivity contribution in [2.75, 3.05) is 11.5 Å². The van der Waals surface area contributed by atoms with Crippen LogP contribution >= 0.6 is 23.5 Å². The van der Waals surface area contributed by atoms with Crippen LogP contribution in [0.3, 0.4) is 0 Å². The van der Waals surface area contributed by atoms with Gasteiger partial charge in [-0.15, -0.1) is 23.5 Å². The lowest BCUT2D eigenvalue weighted by molar-refractivity contribution is -0.131. The molecule has 0 spiro atoms. The number of nitrogens with zero attached hydrogens (tertiary/aromatic N) is 1. The second kappa shape index (κ2) is 12.8. The molecular formula is C30H31F2NO6S2. The van der Waals surface area contributed by atoms with Crippen molar-refractivity contribution in [2.24, 2.45) is 5.92 Å². The van der Waals surface area contributed by atoms with Crippen molar-refractivity contribution >= 4 is 35.1 Å². The number of aliphatic hydroxyl groups is 5. The van der Waals surface area contributed by atoms with E-state index in [9.17, 15) is 39.1 Å². The molecule has 41 heavy (non-hydrogen) atoms. The van der Waals surface area contributed by atoms with E-state index in [1.165, 1.54) is 59.9 Å². The number of benzene rings is 3. The summed E-state index contributed by atoms with van der Waals surface area (Å²) in [5.41, 5.74) is 1.95. The lowest BCUT2D eigenvalue weighted by Gasteiger charge is -2.48. The van der Waals surface area contributed by atoms with E-state index in [0.29, 0.717) is 24.1 Å². The quantitative estimate of drug-likeness (QED) is 0.234. The minimum Gasteiger partial charge on any atom is -0.395 e. The molecule has 5 N–H and O–H groups in total. The number of hydrogen-bond donors (Lipinski definition) is 5. The number of carbonyl (C=O) groups excluding carboxylic acids is 1. The maximum Gasteiger partial charge on any atom is 0.233 e. The molecule has 2 aliphatic heterocycles. The summed E-state index contributed by atoms with van der Waals surface area (Å²) in [6, 6.07) is 18.3. The monoisotopic (exact) mass is 603 g/mol. The summed E-state index contributed by atoms with van der Waals surface area (Å²) in [6.07, 6.45) is -3.99. The Morgan fingerprint density at radius 3 is 2.07 bits per heavy atom. The van der Waals surface area contributed by atoms with Gasteiger partial charge in [0.25, 0.3) is 0 Å². The highest BCUT2D eigenvalue weighted by molar-refractivity contribution is 8.17. The lowest BCUT2D eigenvalue weighted by Crippen LogP contribution is -2.55. The minimum atomic E-state index is -1.37. The normalized spacial score (nSPS) is 28.8. The third kappa shape index (κ3) is 6.31. The SMILES string of the molecule is O=C1C(CCC(O)c2ccc(F)cc2)C(c2ccc(S[C@@H]3S[C@@H](CO)[C@@H](O)[C@H](O)[C@H]3O)cc2)N1c1ccc(F)cc1. The summed E-state index contributed by atoms with van der Waals surface area (Å²) < 4.78 is 26.4. The van der Waals surface area contributed by atoms with Crippen molar-refractivity contribution in [3.63, 3.8) is 0 Å². The number of β-lactam (4-membered cyclic amide) rings is 1. The maximum absolute atomic E-state index is 13.6. The molecule has 2 fully saturated rings. The molecular weight excluding hydrogens is 572 g/mol. The number of rotatable bonds is 9. The molecule has 3 aromatic carbocycles. The zero-order chi connectivity index (χ0) is 29.3. The molecule has 218 valence electrons. The molecule has 3 aromatic rings. The molecule has 0 radical (unpaired) electrons. The van der Waals surface area contributed by atoms with E-state index in [2.05, 4.69) is 0 Å². The first-order valence-electron chi connectivity index (χ1n) is 13.3. The smallest absolute Gasteiger partial charge is 0.233 e. The molecule has 11 heteroatoms. The van der Waals surface area contributed by atoms with E-state index in [1.807, 2.05) is 24.3 Å². The highest BCUT2D eigenvalue weighted by atomic mass is 32.2. The molecule has 0 aromatic heterocycles. The van der Waals surface area contributed by atoms with Crippen LogP contribution in [0.15, 0.2) is 77.7 Å². The zero-order valence-electron chi connectivity index (χ0n) is 21.8. The Balaban J connectivity index is 1.33. The third-order valence-corrected chi connectivity index (χ3v) is 10.6. The van der Waals surface area contributed by atoms with Gasteiger partial charge in [0.15, 0.2) is 0 Å². The fourth-order valence-electron chi connectivity index (χ4n) is 5.33. The molecule has 0 bridgehead atoms. The Bertz CT molecular complexity index is 1330. The maximum atomic E-state index is 13.6. The van der Waals surface area contributed by atoms with Crippen LogP contribution < -0.4 is 4.90 Å². The Morgan fingerprint density at radius 2 is 1.46 bits per heavy atom. The number of aliphatic hydroxyl groups excluding tert-OH is 5. The standard InChI is InChI=1S/C30H31F2NO6S2/c31-18-5-1-16(2-6-18)23(35)14-13-22-25(33(29(22)39)20-9-7-19(32)8-10-20)17-3-11-21(12-4-17)40-30-28(38)27(37)26(36)24(15-34)41-30/h1-12,22-28,30,34-38H,13-15H2/t22?,23?,24-,25?,26+,27-,28+,30+/m0/s1. The molecule has 3 unspecified atom stereocenters. The number of carbonyl (C=O) groups is 1. The summed E-state index contributed by atoms with van der Waals surface area (Å²) in [7, 11) is 0. The van der Waals surface area contributed by atoms with Crippen LogP contribution in [-0.2, 0) is 4.79 Å². The first-order chi connectivity index (χ1) is 19.7. The van der Waals surface area contributed by atoms with Crippen molar-refractivity contribution < 1.29 is 39.1 Å². The summed E-state index contributed by atoms with van der Waals surface area (Å²) in [5, 5.41) is 50.3. The van der Waals surface area contributed by atoms with Gasteiger partial charge in [0.2, 0.25) is 5.91 Å². The number of halogens is 2. The van der Waals surface area contributed by atoms with Crippen LogP contribution in [0.5, 0.6) is 0 Å². The van der Waals surface area contributed by atoms with E-state index in [0.717, 1.165) is 10.5 Å². The fourth-order valence-corrected chi connectivity index (χ4v) is 8.25. The minimum absolute atomic E-state index is 0.143. The summed E-state index contributed by atoms with van der Waals surface area (Å²) in [6.45, 7) is -0.336. The molecule has 0 saturated carbocycles. The Kier molecular flexibility index (Phi) is 9.34. The highest BCUT2D eigenvalue weighted by Gasteiger charge is 2.48. The summed E-state index contributed by atoms with van der Waals surface area (Å²) in [4.78, 5) is 15.7. The van der Waals surface area contributed by atoms with Crippen LogP contribution in [0.1, 0.15) is 36.1 Å². The molecule has 8 atom stereocenters. The van der Waals surface area contributed by atoms with Crippen LogP contribution in [0, 0.1) is 17.6 Å². The van der Waals surface area contributed by atoms with E-state index in [-0.39, 0.29) is 18.6 Å². The predicted molar refractivity (Wildman–Crippen MR) is 153 cm³/mol. The first-order valence-corrected chi connectivity index (χ1v) is 15.1. The molecule has 7 nitrogen and oxygen atoms in total. The zero-order valence-corrected chi connectivity index (χ0v) is 23.5. The average Bonchev–Trinajstić information content (AvgIpc) is 2.98. The largest absolute Gasteiger partial charge is 0.395 e. The summed E-state index contributed by atoms with van der Waals surface area (Å²) in [5.74, 6) is -1.39. The van der Waals surface area contributed by atoms with Gasteiger partial charge < -0.3 is 30.4 Å². The molecule has 2 saturated heterocycles. The molecule has 2 heterocycles. The number of thioether (sulfide) groups is 2. The highest BCUT2D eigenvalue weighted by Crippen LogP contribution is 2.47. The second-order valence-electron chi connectivity index (χ2n) is 10.3. The lowest BCUT2D eigenvalue weighted by atomic mass is 9.78. The Morgan fingerprint density at radius 1 is 0.854 bits per heavy atom. The second-order valence-corrected chi connectivity index (χ2v) is 13.2. The van der Waals surface area contributed by atoms with Crippen molar-refractivity contribution in [3.05, 3.63) is 95.6 Å². The van der Waals surface area contributed by atoms with Gasteiger partial charge >= 0.3 is 0 Å². The van der Waals surface area contributed by atoms with Crippen LogP contribution in [0.4, 0.5) is 14.5 Å². The van der Waals surface area contributed by atoms with Crippen molar-refractivity contribution in [3.8, 4) is 0 Å². The topological polar surface area (TPSA) is 121 Å². The van der Waals surface area contributed by atoms with E-state index < -0.39 is 51.8 Å². The van der Waals surface area contributed by atoms with Crippen LogP contribution in [-0.4, -0.2) is 66.2 Å². The predicted octanol–water partition coefficient (Wildman–Crippen LogP) is 3.79. The molecule has 0 aliphatic carbocycles. The van der Waals surface area contributed by atoms with Gasteiger partial charge in [0, 0.05) is 10.6 Å². The number of amides is 1. The van der Waals surface area contributed by atoms with Gasteiger partial charge in [-0.3, -0.25) is 4.79 Å². The van der Waals surface area contributed by atoms with E-state index >= 15 is 0 Å². The van der Waals surface area contributed by atoms with Crippen molar-refractivity contribution in [1.29, 1.82) is 0 Å². The first kappa shape index (κ1) is 30.0. The van der Waals surface area contributed by atoms with Crippen molar-refractivity contribution in [2.45, 2.75) is 58.0 Å². The van der Waals surface area contributed by atoms with Gasteiger partial charge in [0.05, 0.1) is 40.6 Å². The average molecular weight is 604 g/mol.